The second-order valence-electron chi connectivity index (χ2n) is 5.48. The maximum atomic E-state index is 12.3. The van der Waals surface area contributed by atoms with E-state index in [4.69, 9.17) is 9.47 Å². The SMILES string of the molecule is COc1ccc(C(C)NC(=O)C2CCNC2C)c(OC)c1. The van der Waals surface area contributed by atoms with Gasteiger partial charge in [0.25, 0.3) is 0 Å². The summed E-state index contributed by atoms with van der Waals surface area (Å²) in [5.74, 6) is 1.59. The van der Waals surface area contributed by atoms with Gasteiger partial charge in [0, 0.05) is 17.7 Å². The van der Waals surface area contributed by atoms with Crippen molar-refractivity contribution in [2.45, 2.75) is 32.4 Å². The first-order valence-corrected chi connectivity index (χ1v) is 7.32. The summed E-state index contributed by atoms with van der Waals surface area (Å²) >= 11 is 0. The Balaban J connectivity index is 2.09. The van der Waals surface area contributed by atoms with Gasteiger partial charge in [-0.2, -0.15) is 0 Å². The minimum absolute atomic E-state index is 0.0386. The molecule has 0 bridgehead atoms. The Morgan fingerprint density at radius 1 is 1.38 bits per heavy atom. The topological polar surface area (TPSA) is 59.6 Å². The summed E-state index contributed by atoms with van der Waals surface area (Å²) in [6.07, 6.45) is 0.888. The summed E-state index contributed by atoms with van der Waals surface area (Å²) in [5, 5.41) is 6.38. The zero-order valence-electron chi connectivity index (χ0n) is 13.1. The number of hydrogen-bond acceptors (Lipinski definition) is 4. The number of carbonyl (C=O) groups is 1. The normalized spacial score (nSPS) is 22.7. The van der Waals surface area contributed by atoms with Crippen LogP contribution >= 0.6 is 0 Å². The molecule has 2 N–H and O–H groups in total. The molecule has 0 aliphatic carbocycles. The van der Waals surface area contributed by atoms with E-state index in [1.165, 1.54) is 0 Å². The van der Waals surface area contributed by atoms with Crippen LogP contribution in [0.25, 0.3) is 0 Å². The highest BCUT2D eigenvalue weighted by Gasteiger charge is 2.30. The van der Waals surface area contributed by atoms with Gasteiger partial charge >= 0.3 is 0 Å². The number of ether oxygens (including phenoxy) is 2. The third kappa shape index (κ3) is 3.47. The van der Waals surface area contributed by atoms with Crippen LogP contribution in [0.15, 0.2) is 18.2 Å². The van der Waals surface area contributed by atoms with Crippen LogP contribution in [0.2, 0.25) is 0 Å². The van der Waals surface area contributed by atoms with E-state index in [1.54, 1.807) is 14.2 Å². The van der Waals surface area contributed by atoms with Gasteiger partial charge in [0.1, 0.15) is 11.5 Å². The Morgan fingerprint density at radius 3 is 2.71 bits per heavy atom. The van der Waals surface area contributed by atoms with Crippen molar-refractivity contribution < 1.29 is 14.3 Å². The predicted octanol–water partition coefficient (Wildman–Crippen LogP) is 1.88. The van der Waals surface area contributed by atoms with Gasteiger partial charge < -0.3 is 20.1 Å². The van der Waals surface area contributed by atoms with Gasteiger partial charge in [-0.1, -0.05) is 0 Å². The van der Waals surface area contributed by atoms with Crippen molar-refractivity contribution in [1.82, 2.24) is 10.6 Å². The van der Waals surface area contributed by atoms with Crippen molar-refractivity contribution in [3.8, 4) is 11.5 Å². The van der Waals surface area contributed by atoms with Gasteiger partial charge in [-0.3, -0.25) is 4.79 Å². The maximum Gasteiger partial charge on any atom is 0.225 e. The number of amides is 1. The van der Waals surface area contributed by atoms with Crippen LogP contribution in [0.4, 0.5) is 0 Å². The zero-order chi connectivity index (χ0) is 15.4. The fourth-order valence-corrected chi connectivity index (χ4v) is 2.79. The summed E-state index contributed by atoms with van der Waals surface area (Å²) in [7, 11) is 3.24. The third-order valence-electron chi connectivity index (χ3n) is 4.13. The average Bonchev–Trinajstić information content (AvgIpc) is 2.92. The molecule has 0 saturated carbocycles. The molecular weight excluding hydrogens is 268 g/mol. The number of methoxy groups -OCH3 is 2. The minimum Gasteiger partial charge on any atom is -0.497 e. The molecule has 3 atom stereocenters. The molecule has 116 valence electrons. The molecule has 1 amide bonds. The lowest BCUT2D eigenvalue weighted by molar-refractivity contribution is -0.125. The lowest BCUT2D eigenvalue weighted by Gasteiger charge is -2.21. The van der Waals surface area contributed by atoms with Gasteiger partial charge in [-0.15, -0.1) is 0 Å². The van der Waals surface area contributed by atoms with Crippen molar-refractivity contribution in [1.29, 1.82) is 0 Å². The average molecular weight is 292 g/mol. The fraction of sp³-hybridized carbons (Fsp3) is 0.562. The predicted molar refractivity (Wildman–Crippen MR) is 81.7 cm³/mol. The second kappa shape index (κ2) is 6.80. The van der Waals surface area contributed by atoms with Crippen molar-refractivity contribution in [2.24, 2.45) is 5.92 Å². The maximum absolute atomic E-state index is 12.3. The standard InChI is InChI=1S/C16H24N2O3/c1-10-14(7-8-17-10)16(19)18-11(2)13-6-5-12(20-3)9-15(13)21-4/h5-6,9-11,14,17H,7-8H2,1-4H3,(H,18,19). The lowest BCUT2D eigenvalue weighted by Crippen LogP contribution is -2.38. The molecule has 1 aromatic carbocycles. The minimum atomic E-state index is -0.105. The highest BCUT2D eigenvalue weighted by Crippen LogP contribution is 2.29. The first-order valence-electron chi connectivity index (χ1n) is 7.32. The van der Waals surface area contributed by atoms with Crippen LogP contribution in [0, 0.1) is 5.92 Å². The molecule has 1 aromatic rings. The van der Waals surface area contributed by atoms with Gasteiger partial charge in [0.2, 0.25) is 5.91 Å². The van der Waals surface area contributed by atoms with Crippen molar-refractivity contribution in [3.05, 3.63) is 23.8 Å². The molecule has 1 heterocycles. The van der Waals surface area contributed by atoms with E-state index in [2.05, 4.69) is 17.6 Å². The van der Waals surface area contributed by atoms with Crippen LogP contribution < -0.4 is 20.1 Å². The van der Waals surface area contributed by atoms with E-state index >= 15 is 0 Å². The summed E-state index contributed by atoms with van der Waals surface area (Å²) in [6, 6.07) is 5.76. The molecule has 1 fully saturated rings. The number of benzene rings is 1. The Morgan fingerprint density at radius 2 is 2.14 bits per heavy atom. The van der Waals surface area contributed by atoms with Crippen LogP contribution in [0.3, 0.4) is 0 Å². The largest absolute Gasteiger partial charge is 0.497 e. The molecule has 0 aromatic heterocycles. The highest BCUT2D eigenvalue weighted by atomic mass is 16.5. The first kappa shape index (κ1) is 15.6. The monoisotopic (exact) mass is 292 g/mol. The molecule has 21 heavy (non-hydrogen) atoms. The lowest BCUT2D eigenvalue weighted by atomic mass is 9.99. The molecule has 0 radical (unpaired) electrons. The quantitative estimate of drug-likeness (QED) is 0.870. The van der Waals surface area contributed by atoms with Crippen LogP contribution in [-0.2, 0) is 4.79 Å². The molecule has 5 nitrogen and oxygen atoms in total. The molecule has 1 aliphatic heterocycles. The van der Waals surface area contributed by atoms with E-state index in [0.717, 1.165) is 30.0 Å². The number of rotatable bonds is 5. The van der Waals surface area contributed by atoms with E-state index in [0.29, 0.717) is 0 Å². The van der Waals surface area contributed by atoms with Crippen LogP contribution in [-0.4, -0.2) is 32.7 Å². The van der Waals surface area contributed by atoms with Gasteiger partial charge in [0.15, 0.2) is 0 Å². The van der Waals surface area contributed by atoms with Gasteiger partial charge in [0.05, 0.1) is 26.2 Å². The molecule has 5 heteroatoms. The Hall–Kier alpha value is -1.75. The first-order chi connectivity index (χ1) is 10.1. The van der Waals surface area contributed by atoms with E-state index in [1.807, 2.05) is 25.1 Å². The molecule has 0 spiro atoms. The molecular formula is C16H24N2O3. The van der Waals surface area contributed by atoms with E-state index in [-0.39, 0.29) is 23.9 Å². The van der Waals surface area contributed by atoms with Crippen LogP contribution in [0.5, 0.6) is 11.5 Å². The number of carbonyl (C=O) groups excluding carboxylic acids is 1. The van der Waals surface area contributed by atoms with E-state index in [9.17, 15) is 4.79 Å². The Kier molecular flexibility index (Phi) is 5.07. The summed E-state index contributed by atoms with van der Waals surface area (Å²) in [6.45, 7) is 4.92. The summed E-state index contributed by atoms with van der Waals surface area (Å²) in [4.78, 5) is 12.3. The van der Waals surface area contributed by atoms with Crippen molar-refractivity contribution >= 4 is 5.91 Å². The third-order valence-corrected chi connectivity index (χ3v) is 4.13. The summed E-state index contributed by atoms with van der Waals surface area (Å²) in [5.41, 5.74) is 0.949. The van der Waals surface area contributed by atoms with Crippen molar-refractivity contribution in [2.75, 3.05) is 20.8 Å². The highest BCUT2D eigenvalue weighted by molar-refractivity contribution is 5.80. The zero-order valence-corrected chi connectivity index (χ0v) is 13.1. The van der Waals surface area contributed by atoms with Gasteiger partial charge in [-0.25, -0.2) is 0 Å². The second-order valence-corrected chi connectivity index (χ2v) is 5.48. The summed E-state index contributed by atoms with van der Waals surface area (Å²) < 4.78 is 10.6. The Labute approximate surface area is 126 Å². The number of nitrogens with one attached hydrogen (secondary N) is 2. The van der Waals surface area contributed by atoms with Gasteiger partial charge in [-0.05, 0) is 38.9 Å². The Bertz CT molecular complexity index is 504. The van der Waals surface area contributed by atoms with E-state index < -0.39 is 0 Å². The smallest absolute Gasteiger partial charge is 0.225 e. The molecule has 3 unspecified atom stereocenters. The molecule has 2 rings (SSSR count). The number of hydrogen-bond donors (Lipinski definition) is 2. The molecule has 1 saturated heterocycles. The van der Waals surface area contributed by atoms with Crippen LogP contribution in [0.1, 0.15) is 31.9 Å². The fourth-order valence-electron chi connectivity index (χ4n) is 2.79. The molecule has 1 aliphatic rings. The van der Waals surface area contributed by atoms with Crippen molar-refractivity contribution in [3.63, 3.8) is 0 Å².